The van der Waals surface area contributed by atoms with Crippen molar-refractivity contribution < 1.29 is 22.3 Å². The second-order valence-corrected chi connectivity index (χ2v) is 10.6. The molecule has 0 atom stereocenters. The van der Waals surface area contributed by atoms with Crippen LogP contribution < -0.4 is 14.4 Å². The summed E-state index contributed by atoms with van der Waals surface area (Å²) in [6.45, 7) is 1.75. The number of aromatic nitrogens is 1. The first-order chi connectivity index (χ1) is 15.8. The van der Waals surface area contributed by atoms with Crippen LogP contribution in [0.1, 0.15) is 11.3 Å². The molecule has 0 spiro atoms. The smallest absolute Gasteiger partial charge is 0.243 e. The van der Waals surface area contributed by atoms with Gasteiger partial charge in [-0.3, -0.25) is 0 Å². The third-order valence-corrected chi connectivity index (χ3v) is 8.55. The monoisotopic (exact) mass is 511 g/mol. The van der Waals surface area contributed by atoms with Crippen molar-refractivity contribution >= 4 is 38.1 Å². The van der Waals surface area contributed by atoms with Crippen LogP contribution in [0.3, 0.4) is 0 Å². The summed E-state index contributed by atoms with van der Waals surface area (Å²) in [6, 6.07) is 9.25. The summed E-state index contributed by atoms with van der Waals surface area (Å²) in [5, 5.41) is 2.88. The van der Waals surface area contributed by atoms with Crippen LogP contribution in [-0.2, 0) is 16.4 Å². The standard InChI is InChI=1S/C22H23ClFN3O4S2/c1-30-20-6-4-17(13-21(20)31-2)33(28,29)27-9-7-26(8-10-27)22-25-16(14-32-22)11-15-3-5-19(24)18(23)12-15/h3-6,12-14H,7-11H2,1-2H3. The van der Waals surface area contributed by atoms with Crippen molar-refractivity contribution in [3.05, 3.63) is 63.9 Å². The zero-order valence-corrected chi connectivity index (χ0v) is 20.5. The van der Waals surface area contributed by atoms with E-state index < -0.39 is 15.8 Å². The first kappa shape index (κ1) is 23.7. The zero-order valence-electron chi connectivity index (χ0n) is 18.1. The third kappa shape index (κ3) is 5.08. The van der Waals surface area contributed by atoms with Gasteiger partial charge in [0.05, 0.1) is 29.8 Å². The molecule has 33 heavy (non-hydrogen) atoms. The highest BCUT2D eigenvalue weighted by molar-refractivity contribution is 7.89. The largest absolute Gasteiger partial charge is 0.493 e. The van der Waals surface area contributed by atoms with E-state index in [1.807, 2.05) is 5.38 Å². The molecule has 1 aliphatic heterocycles. The molecule has 0 unspecified atom stereocenters. The predicted molar refractivity (Wildman–Crippen MR) is 127 cm³/mol. The van der Waals surface area contributed by atoms with E-state index in [0.29, 0.717) is 44.1 Å². The molecule has 0 radical (unpaired) electrons. The van der Waals surface area contributed by atoms with Crippen LogP contribution in [0.2, 0.25) is 5.02 Å². The van der Waals surface area contributed by atoms with Crippen LogP contribution in [0.15, 0.2) is 46.7 Å². The van der Waals surface area contributed by atoms with Crippen LogP contribution in [-0.4, -0.2) is 58.1 Å². The normalized spacial score (nSPS) is 15.0. The molecule has 1 fully saturated rings. The van der Waals surface area contributed by atoms with Gasteiger partial charge in [-0.05, 0) is 29.8 Å². The summed E-state index contributed by atoms with van der Waals surface area (Å²) < 4.78 is 51.5. The van der Waals surface area contributed by atoms with Crippen LogP contribution in [0.25, 0.3) is 0 Å². The van der Waals surface area contributed by atoms with Gasteiger partial charge in [-0.25, -0.2) is 17.8 Å². The zero-order chi connectivity index (χ0) is 23.6. The number of hydrogen-bond donors (Lipinski definition) is 0. The fraction of sp³-hybridized carbons (Fsp3) is 0.318. The SMILES string of the molecule is COc1ccc(S(=O)(=O)N2CCN(c3nc(Cc4ccc(F)c(Cl)c4)cs3)CC2)cc1OC. The summed E-state index contributed by atoms with van der Waals surface area (Å²) in [5.41, 5.74) is 1.74. The topological polar surface area (TPSA) is 72.0 Å². The molecule has 0 N–H and O–H groups in total. The fourth-order valence-electron chi connectivity index (χ4n) is 3.63. The third-order valence-electron chi connectivity index (χ3n) is 5.41. The van der Waals surface area contributed by atoms with Crippen molar-refractivity contribution in [1.82, 2.24) is 9.29 Å². The van der Waals surface area contributed by atoms with E-state index in [4.69, 9.17) is 21.1 Å². The van der Waals surface area contributed by atoms with Gasteiger partial charge in [0.1, 0.15) is 5.82 Å². The maximum Gasteiger partial charge on any atom is 0.243 e. The van der Waals surface area contributed by atoms with Crippen molar-refractivity contribution in [1.29, 1.82) is 0 Å². The number of halogens is 2. The van der Waals surface area contributed by atoms with Crippen molar-refractivity contribution in [2.75, 3.05) is 45.3 Å². The molecular formula is C22H23ClFN3O4S2. The minimum absolute atomic E-state index is 0.0924. The summed E-state index contributed by atoms with van der Waals surface area (Å²) in [5.74, 6) is 0.402. The van der Waals surface area contributed by atoms with Crippen molar-refractivity contribution in [3.63, 3.8) is 0 Å². The van der Waals surface area contributed by atoms with Gasteiger partial charge < -0.3 is 14.4 Å². The first-order valence-corrected chi connectivity index (χ1v) is 12.9. The predicted octanol–water partition coefficient (Wildman–Crippen LogP) is 4.05. The number of nitrogens with zero attached hydrogens (tertiary/aromatic N) is 3. The molecule has 11 heteroatoms. The maximum absolute atomic E-state index is 13.4. The molecule has 176 valence electrons. The average molecular weight is 512 g/mol. The minimum Gasteiger partial charge on any atom is -0.493 e. The van der Waals surface area contributed by atoms with E-state index in [1.165, 1.54) is 48.1 Å². The number of piperazine rings is 1. The molecule has 4 rings (SSSR count). The van der Waals surface area contributed by atoms with E-state index in [0.717, 1.165) is 16.4 Å². The lowest BCUT2D eigenvalue weighted by molar-refractivity contribution is 0.353. The second kappa shape index (κ2) is 9.84. The minimum atomic E-state index is -3.66. The number of benzene rings is 2. The summed E-state index contributed by atoms with van der Waals surface area (Å²) in [6.07, 6.45) is 0.546. The highest BCUT2D eigenvalue weighted by Gasteiger charge is 2.30. The highest BCUT2D eigenvalue weighted by atomic mass is 35.5. The molecule has 0 aliphatic carbocycles. The van der Waals surface area contributed by atoms with E-state index in [1.54, 1.807) is 18.2 Å². The Labute approximate surface area is 201 Å². The number of thiazole rings is 1. The lowest BCUT2D eigenvalue weighted by Crippen LogP contribution is -2.48. The van der Waals surface area contributed by atoms with Crippen molar-refractivity contribution in [3.8, 4) is 11.5 Å². The number of anilines is 1. The van der Waals surface area contributed by atoms with Gasteiger partial charge in [-0.15, -0.1) is 11.3 Å². The van der Waals surface area contributed by atoms with Gasteiger partial charge in [0, 0.05) is 44.0 Å². The molecule has 0 saturated carbocycles. The Hall–Kier alpha value is -2.40. The molecule has 2 aromatic carbocycles. The van der Waals surface area contributed by atoms with Crippen molar-refractivity contribution in [2.24, 2.45) is 0 Å². The van der Waals surface area contributed by atoms with Crippen LogP contribution in [0, 0.1) is 5.82 Å². The number of rotatable bonds is 7. The van der Waals surface area contributed by atoms with Crippen LogP contribution in [0.4, 0.5) is 9.52 Å². The van der Waals surface area contributed by atoms with Gasteiger partial charge in [0.2, 0.25) is 10.0 Å². The lowest BCUT2D eigenvalue weighted by Gasteiger charge is -2.33. The number of methoxy groups -OCH3 is 2. The van der Waals surface area contributed by atoms with Gasteiger partial charge in [0.15, 0.2) is 16.6 Å². The Bertz CT molecular complexity index is 1240. The van der Waals surface area contributed by atoms with E-state index >= 15 is 0 Å². The lowest BCUT2D eigenvalue weighted by atomic mass is 10.1. The summed E-state index contributed by atoms with van der Waals surface area (Å²) in [7, 11) is -0.681. The molecule has 1 saturated heterocycles. The molecule has 7 nitrogen and oxygen atoms in total. The molecule has 1 aromatic heterocycles. The number of sulfonamides is 1. The molecule has 1 aliphatic rings. The van der Waals surface area contributed by atoms with Gasteiger partial charge >= 0.3 is 0 Å². The summed E-state index contributed by atoms with van der Waals surface area (Å²) in [4.78, 5) is 6.92. The van der Waals surface area contributed by atoms with E-state index in [9.17, 15) is 12.8 Å². The highest BCUT2D eigenvalue weighted by Crippen LogP contribution is 2.31. The molecular weight excluding hydrogens is 489 g/mol. The number of ether oxygens (including phenoxy) is 2. The van der Waals surface area contributed by atoms with Gasteiger partial charge in [0.25, 0.3) is 0 Å². The summed E-state index contributed by atoms with van der Waals surface area (Å²) >= 11 is 7.37. The van der Waals surface area contributed by atoms with Crippen LogP contribution in [0.5, 0.6) is 11.5 Å². The van der Waals surface area contributed by atoms with Crippen molar-refractivity contribution in [2.45, 2.75) is 11.3 Å². The Morgan fingerprint density at radius 1 is 1.06 bits per heavy atom. The van der Waals surface area contributed by atoms with E-state index in [-0.39, 0.29) is 9.92 Å². The Morgan fingerprint density at radius 2 is 1.79 bits per heavy atom. The average Bonchev–Trinajstić information content (AvgIpc) is 3.29. The fourth-order valence-corrected chi connectivity index (χ4v) is 6.15. The Balaban J connectivity index is 1.41. The molecule has 2 heterocycles. The van der Waals surface area contributed by atoms with Gasteiger partial charge in [-0.2, -0.15) is 4.31 Å². The van der Waals surface area contributed by atoms with Gasteiger partial charge in [-0.1, -0.05) is 17.7 Å². The second-order valence-electron chi connectivity index (χ2n) is 7.45. The first-order valence-electron chi connectivity index (χ1n) is 10.2. The molecule has 0 amide bonds. The molecule has 3 aromatic rings. The molecule has 0 bridgehead atoms. The Kier molecular flexibility index (Phi) is 7.08. The van der Waals surface area contributed by atoms with E-state index in [2.05, 4.69) is 9.88 Å². The van der Waals surface area contributed by atoms with Crippen LogP contribution >= 0.6 is 22.9 Å². The maximum atomic E-state index is 13.4. The quantitative estimate of drug-likeness (QED) is 0.476. The number of hydrogen-bond acceptors (Lipinski definition) is 7. The Morgan fingerprint density at radius 3 is 2.45 bits per heavy atom.